The van der Waals surface area contributed by atoms with E-state index in [1.54, 1.807) is 0 Å². The molecule has 0 saturated carbocycles. The molecule has 4 heteroatoms. The molecule has 3 nitrogen and oxygen atoms in total. The van der Waals surface area contributed by atoms with Crippen LogP contribution >= 0.6 is 11.8 Å². The van der Waals surface area contributed by atoms with Crippen LogP contribution in [0.4, 0.5) is 5.82 Å². The molecule has 1 saturated heterocycles. The first-order chi connectivity index (χ1) is 8.43. The third kappa shape index (κ3) is 2.41. The van der Waals surface area contributed by atoms with Gasteiger partial charge in [0, 0.05) is 24.2 Å². The van der Waals surface area contributed by atoms with Crippen molar-refractivity contribution in [3.05, 3.63) is 30.6 Å². The third-order valence-electron chi connectivity index (χ3n) is 3.21. The predicted molar refractivity (Wildman–Crippen MR) is 73.8 cm³/mol. The molecule has 1 unspecified atom stereocenters. The first kappa shape index (κ1) is 11.0. The van der Waals surface area contributed by atoms with Gasteiger partial charge in [-0.3, -0.25) is 4.40 Å². The maximum absolute atomic E-state index is 4.29. The van der Waals surface area contributed by atoms with E-state index in [1.807, 2.05) is 18.5 Å². The fourth-order valence-electron chi connectivity index (χ4n) is 2.28. The van der Waals surface area contributed by atoms with Gasteiger partial charge in [0.25, 0.3) is 0 Å². The number of aromatic nitrogens is 2. The van der Waals surface area contributed by atoms with Crippen LogP contribution < -0.4 is 5.32 Å². The van der Waals surface area contributed by atoms with Crippen molar-refractivity contribution < 1.29 is 0 Å². The van der Waals surface area contributed by atoms with Crippen molar-refractivity contribution in [1.29, 1.82) is 0 Å². The summed E-state index contributed by atoms with van der Waals surface area (Å²) in [5, 5.41) is 4.31. The zero-order chi connectivity index (χ0) is 11.5. The van der Waals surface area contributed by atoms with Crippen molar-refractivity contribution in [2.24, 2.45) is 0 Å². The van der Waals surface area contributed by atoms with Gasteiger partial charge in [0.05, 0.1) is 0 Å². The Kier molecular flexibility index (Phi) is 3.22. The first-order valence-corrected chi connectivity index (χ1v) is 7.26. The second-order valence-electron chi connectivity index (χ2n) is 4.44. The number of nitrogens with zero attached hydrogens (tertiary/aromatic N) is 2. The predicted octanol–water partition coefficient (Wildman–Crippen LogP) is 3.03. The molecular weight excluding hydrogens is 230 g/mol. The van der Waals surface area contributed by atoms with Crippen LogP contribution in [0.3, 0.4) is 0 Å². The third-order valence-corrected chi connectivity index (χ3v) is 4.61. The Morgan fingerprint density at radius 2 is 2.41 bits per heavy atom. The largest absolute Gasteiger partial charge is 0.370 e. The van der Waals surface area contributed by atoms with E-state index in [0.717, 1.165) is 23.3 Å². The van der Waals surface area contributed by atoms with Crippen LogP contribution in [0.2, 0.25) is 0 Å². The molecule has 1 atom stereocenters. The smallest absolute Gasteiger partial charge is 0.138 e. The van der Waals surface area contributed by atoms with Gasteiger partial charge < -0.3 is 5.32 Å². The Hall–Kier alpha value is -1.16. The van der Waals surface area contributed by atoms with Crippen LogP contribution in [-0.2, 0) is 0 Å². The highest BCUT2D eigenvalue weighted by Crippen LogP contribution is 2.25. The highest BCUT2D eigenvalue weighted by Gasteiger charge is 2.13. The van der Waals surface area contributed by atoms with Crippen LogP contribution in [0.25, 0.3) is 5.65 Å². The molecule has 2 aromatic rings. The molecule has 0 bridgehead atoms. The number of hydrogen-bond donors (Lipinski definition) is 1. The van der Waals surface area contributed by atoms with E-state index < -0.39 is 0 Å². The van der Waals surface area contributed by atoms with E-state index in [-0.39, 0.29) is 0 Å². The summed E-state index contributed by atoms with van der Waals surface area (Å²) in [6.45, 7) is 1.06. The van der Waals surface area contributed by atoms with E-state index >= 15 is 0 Å². The van der Waals surface area contributed by atoms with Gasteiger partial charge >= 0.3 is 0 Å². The molecule has 0 aromatic carbocycles. The normalized spacial score (nSPS) is 20.6. The Bertz CT molecular complexity index is 488. The topological polar surface area (TPSA) is 29.3 Å². The minimum absolute atomic E-state index is 0.766. The van der Waals surface area contributed by atoms with Crippen LogP contribution in [0.15, 0.2) is 30.6 Å². The lowest BCUT2D eigenvalue weighted by atomic mass is 10.2. The number of fused-ring (bicyclic) bond motifs is 1. The number of hydrogen-bond acceptors (Lipinski definition) is 3. The van der Waals surface area contributed by atoms with Crippen molar-refractivity contribution in [2.75, 3.05) is 17.6 Å². The second-order valence-corrected chi connectivity index (χ2v) is 5.84. The standard InChI is InChI=1S/C13H17N3S/c1-2-9-17-11(4-1)10-15-13-6-3-5-12-14-7-8-16(12)13/h3,5-8,11,15H,1-2,4,9-10H2. The molecule has 90 valence electrons. The molecule has 1 aliphatic heterocycles. The van der Waals surface area contributed by atoms with Crippen LogP contribution in [0.5, 0.6) is 0 Å². The molecule has 0 spiro atoms. The zero-order valence-corrected chi connectivity index (χ0v) is 10.6. The molecule has 17 heavy (non-hydrogen) atoms. The summed E-state index contributed by atoms with van der Waals surface area (Å²) in [6.07, 6.45) is 7.96. The number of nitrogens with one attached hydrogen (secondary N) is 1. The van der Waals surface area contributed by atoms with Crippen LogP contribution in [-0.4, -0.2) is 26.9 Å². The summed E-state index contributed by atoms with van der Waals surface area (Å²) in [7, 11) is 0. The molecule has 1 N–H and O–H groups in total. The number of pyridine rings is 1. The lowest BCUT2D eigenvalue weighted by Crippen LogP contribution is -2.20. The number of anilines is 1. The lowest BCUT2D eigenvalue weighted by Gasteiger charge is -2.22. The molecule has 3 heterocycles. The molecule has 1 fully saturated rings. The number of thioether (sulfide) groups is 1. The fourth-order valence-corrected chi connectivity index (χ4v) is 3.52. The van der Waals surface area contributed by atoms with E-state index in [2.05, 4.69) is 38.6 Å². The van der Waals surface area contributed by atoms with Crippen molar-refractivity contribution in [3.63, 3.8) is 0 Å². The monoisotopic (exact) mass is 247 g/mol. The Balaban J connectivity index is 1.69. The Labute approximate surface area is 106 Å². The van der Waals surface area contributed by atoms with Crippen molar-refractivity contribution in [1.82, 2.24) is 9.38 Å². The molecule has 2 aromatic heterocycles. The highest BCUT2D eigenvalue weighted by atomic mass is 32.2. The molecule has 0 radical (unpaired) electrons. The lowest BCUT2D eigenvalue weighted by molar-refractivity contribution is 0.676. The van der Waals surface area contributed by atoms with Gasteiger partial charge in [0.2, 0.25) is 0 Å². The van der Waals surface area contributed by atoms with Gasteiger partial charge in [-0.2, -0.15) is 11.8 Å². The van der Waals surface area contributed by atoms with Crippen molar-refractivity contribution in [2.45, 2.75) is 24.5 Å². The average molecular weight is 247 g/mol. The Morgan fingerprint density at radius 1 is 1.41 bits per heavy atom. The maximum Gasteiger partial charge on any atom is 0.138 e. The molecule has 0 aliphatic carbocycles. The van der Waals surface area contributed by atoms with E-state index in [9.17, 15) is 0 Å². The fraction of sp³-hybridized carbons (Fsp3) is 0.462. The minimum atomic E-state index is 0.766. The molecule has 1 aliphatic rings. The minimum Gasteiger partial charge on any atom is -0.370 e. The molecular formula is C13H17N3S. The summed E-state index contributed by atoms with van der Waals surface area (Å²) in [4.78, 5) is 4.29. The van der Waals surface area contributed by atoms with E-state index in [0.29, 0.717) is 0 Å². The number of rotatable bonds is 3. The summed E-state index contributed by atoms with van der Waals surface area (Å²) >= 11 is 2.10. The van der Waals surface area contributed by atoms with Gasteiger partial charge in [0.15, 0.2) is 0 Å². The van der Waals surface area contributed by atoms with Crippen LogP contribution in [0, 0.1) is 0 Å². The SMILES string of the molecule is c1cc(NCC2CCCCS2)n2ccnc2c1. The van der Waals surface area contributed by atoms with E-state index in [4.69, 9.17) is 0 Å². The summed E-state index contributed by atoms with van der Waals surface area (Å²) in [5.74, 6) is 2.47. The van der Waals surface area contributed by atoms with Gasteiger partial charge in [-0.05, 0) is 30.7 Å². The van der Waals surface area contributed by atoms with Crippen molar-refractivity contribution >= 4 is 23.2 Å². The zero-order valence-electron chi connectivity index (χ0n) is 9.80. The van der Waals surface area contributed by atoms with Gasteiger partial charge in [-0.1, -0.05) is 12.5 Å². The molecule has 0 amide bonds. The van der Waals surface area contributed by atoms with Crippen LogP contribution in [0.1, 0.15) is 19.3 Å². The highest BCUT2D eigenvalue weighted by molar-refractivity contribution is 7.99. The maximum atomic E-state index is 4.29. The van der Waals surface area contributed by atoms with Gasteiger partial charge in [-0.25, -0.2) is 4.98 Å². The summed E-state index contributed by atoms with van der Waals surface area (Å²) in [5.41, 5.74) is 1.01. The first-order valence-electron chi connectivity index (χ1n) is 6.21. The number of imidazole rings is 1. The average Bonchev–Trinajstić information content (AvgIpc) is 2.86. The molecule has 3 rings (SSSR count). The van der Waals surface area contributed by atoms with E-state index in [1.165, 1.54) is 25.0 Å². The van der Waals surface area contributed by atoms with Crippen molar-refractivity contribution in [3.8, 4) is 0 Å². The summed E-state index contributed by atoms with van der Waals surface area (Å²) in [6, 6.07) is 6.20. The Morgan fingerprint density at radius 3 is 3.29 bits per heavy atom. The second kappa shape index (κ2) is 5.00. The quantitative estimate of drug-likeness (QED) is 0.904. The summed E-state index contributed by atoms with van der Waals surface area (Å²) < 4.78 is 2.10. The van der Waals surface area contributed by atoms with Gasteiger partial charge in [-0.15, -0.1) is 0 Å². The van der Waals surface area contributed by atoms with Gasteiger partial charge in [0.1, 0.15) is 11.5 Å².